The molecule has 1 heterocycles. The minimum atomic E-state index is -0.580. The van der Waals surface area contributed by atoms with Crippen LogP contribution < -0.4 is 20.7 Å². The van der Waals surface area contributed by atoms with Gasteiger partial charge in [-0.1, -0.05) is 13.8 Å². The summed E-state index contributed by atoms with van der Waals surface area (Å²) in [4.78, 5) is 36.7. The van der Waals surface area contributed by atoms with Gasteiger partial charge in [0, 0.05) is 32.6 Å². The zero-order valence-corrected chi connectivity index (χ0v) is 23.1. The number of rotatable bonds is 10. The summed E-state index contributed by atoms with van der Waals surface area (Å²) in [6, 6.07) is 0.130. The summed E-state index contributed by atoms with van der Waals surface area (Å²) in [5.41, 5.74) is 0.0124. The molecule has 4 bridgehead atoms. The average molecular weight is 514 g/mol. The van der Waals surface area contributed by atoms with Gasteiger partial charge in [-0.15, -0.1) is 0 Å². The molecule has 3 unspecified atom stereocenters. The summed E-state index contributed by atoms with van der Waals surface area (Å²) >= 11 is 0. The monoisotopic (exact) mass is 513 g/mol. The van der Waals surface area contributed by atoms with Crippen LogP contribution in [-0.2, 0) is 9.59 Å². The number of carbonyl (C=O) groups is 3. The Morgan fingerprint density at radius 3 is 2.43 bits per heavy atom. The third-order valence-electron chi connectivity index (χ3n) is 8.09. The zero-order chi connectivity index (χ0) is 27.0. The number of nitrogens with zero attached hydrogens (tertiary/aromatic N) is 2. The fourth-order valence-corrected chi connectivity index (χ4v) is 6.94. The van der Waals surface area contributed by atoms with Crippen LogP contribution in [0.5, 0.6) is 5.88 Å². The highest BCUT2D eigenvalue weighted by Crippen LogP contribution is 2.59. The van der Waals surface area contributed by atoms with Crippen LogP contribution in [0.15, 0.2) is 12.3 Å². The van der Waals surface area contributed by atoms with Gasteiger partial charge in [0.1, 0.15) is 5.56 Å². The summed E-state index contributed by atoms with van der Waals surface area (Å²) in [5.74, 6) is 1.98. The molecule has 4 aliphatic rings. The van der Waals surface area contributed by atoms with Gasteiger partial charge in [0.15, 0.2) is 0 Å². The van der Waals surface area contributed by atoms with Crippen molar-refractivity contribution in [2.45, 2.75) is 85.2 Å². The molecule has 5 rings (SSSR count). The summed E-state index contributed by atoms with van der Waals surface area (Å²) in [6.45, 7) is 12.2. The zero-order valence-electron chi connectivity index (χ0n) is 23.1. The Kier molecular flexibility index (Phi) is 7.72. The van der Waals surface area contributed by atoms with Crippen molar-refractivity contribution in [3.05, 3.63) is 17.8 Å². The molecule has 9 heteroatoms. The van der Waals surface area contributed by atoms with Crippen molar-refractivity contribution < 1.29 is 19.1 Å². The van der Waals surface area contributed by atoms with E-state index in [-0.39, 0.29) is 35.1 Å². The van der Waals surface area contributed by atoms with Gasteiger partial charge in [-0.25, -0.2) is 4.68 Å². The lowest BCUT2D eigenvalue weighted by Crippen LogP contribution is -2.61. The predicted molar refractivity (Wildman–Crippen MR) is 142 cm³/mol. The number of hydrogen-bond acceptors (Lipinski definition) is 5. The molecular formula is C28H43N5O4. The van der Waals surface area contributed by atoms with Crippen LogP contribution in [0.1, 0.15) is 84.0 Å². The predicted octanol–water partition coefficient (Wildman–Crippen LogP) is 3.36. The first kappa shape index (κ1) is 27.2. The van der Waals surface area contributed by atoms with Crippen LogP contribution in [-0.4, -0.2) is 52.2 Å². The molecule has 0 radical (unpaired) electrons. The lowest BCUT2D eigenvalue weighted by molar-refractivity contribution is -0.122. The molecule has 0 aromatic carbocycles. The Labute approximate surface area is 220 Å². The van der Waals surface area contributed by atoms with Crippen molar-refractivity contribution in [3.63, 3.8) is 0 Å². The molecule has 5 atom stereocenters. The highest BCUT2D eigenvalue weighted by atomic mass is 16.5. The number of nitrogens with one attached hydrogen (secondary N) is 3. The summed E-state index contributed by atoms with van der Waals surface area (Å²) in [7, 11) is 0. The minimum Gasteiger partial charge on any atom is -0.477 e. The molecule has 0 aliphatic heterocycles. The molecule has 4 saturated carbocycles. The normalized spacial score (nSPS) is 28.5. The number of amides is 3. The minimum absolute atomic E-state index is 0.0287. The van der Waals surface area contributed by atoms with E-state index in [2.05, 4.69) is 34.9 Å². The van der Waals surface area contributed by atoms with Crippen molar-refractivity contribution in [1.29, 1.82) is 0 Å². The third-order valence-corrected chi connectivity index (χ3v) is 8.09. The Hall–Kier alpha value is -2.84. The molecule has 3 amide bonds. The van der Waals surface area contributed by atoms with Crippen LogP contribution in [0.2, 0.25) is 0 Å². The second kappa shape index (κ2) is 10.5. The van der Waals surface area contributed by atoms with Crippen molar-refractivity contribution in [2.75, 3.05) is 13.2 Å². The molecule has 3 N–H and O–H groups in total. The quantitative estimate of drug-likeness (QED) is 0.444. The molecule has 204 valence electrons. The molecule has 9 nitrogen and oxygen atoms in total. The Morgan fingerprint density at radius 2 is 1.84 bits per heavy atom. The molecule has 1 aromatic rings. The highest BCUT2D eigenvalue weighted by molar-refractivity contribution is 5.96. The van der Waals surface area contributed by atoms with Gasteiger partial charge < -0.3 is 20.7 Å². The molecular weight excluding hydrogens is 470 g/mol. The maximum atomic E-state index is 13.6. The van der Waals surface area contributed by atoms with E-state index in [1.54, 1.807) is 24.0 Å². The summed E-state index contributed by atoms with van der Waals surface area (Å²) in [5, 5.41) is 13.7. The van der Waals surface area contributed by atoms with E-state index in [0.717, 1.165) is 32.2 Å². The van der Waals surface area contributed by atoms with Gasteiger partial charge >= 0.3 is 0 Å². The van der Waals surface area contributed by atoms with Gasteiger partial charge in [-0.05, 0) is 81.1 Å². The van der Waals surface area contributed by atoms with Crippen LogP contribution in [0.4, 0.5) is 0 Å². The van der Waals surface area contributed by atoms with Gasteiger partial charge in [-0.3, -0.25) is 14.4 Å². The van der Waals surface area contributed by atoms with Gasteiger partial charge in [0.25, 0.3) is 5.91 Å². The van der Waals surface area contributed by atoms with Crippen molar-refractivity contribution in [1.82, 2.24) is 25.7 Å². The van der Waals surface area contributed by atoms with Crippen LogP contribution in [0.3, 0.4) is 0 Å². The fourth-order valence-electron chi connectivity index (χ4n) is 6.94. The number of aromatic nitrogens is 2. The second-order valence-corrected chi connectivity index (χ2v) is 12.6. The molecule has 4 fully saturated rings. The maximum absolute atomic E-state index is 13.6. The number of hydrogen-bond donors (Lipinski definition) is 3. The van der Waals surface area contributed by atoms with E-state index >= 15 is 0 Å². The smallest absolute Gasteiger partial charge is 0.258 e. The van der Waals surface area contributed by atoms with E-state index < -0.39 is 5.54 Å². The third kappa shape index (κ3) is 6.36. The topological polar surface area (TPSA) is 114 Å². The van der Waals surface area contributed by atoms with E-state index in [4.69, 9.17) is 4.74 Å². The SMILES string of the molecule is CC(=O)NCC12CC3C[C@H](C1)C(NC(=O)c1cnn(/C=C/C(C)(C)NC(C)=O)c1OCC(C)C)[C@@H](C3)C2. The van der Waals surface area contributed by atoms with E-state index in [0.29, 0.717) is 35.8 Å². The summed E-state index contributed by atoms with van der Waals surface area (Å²) in [6.07, 6.45) is 10.7. The standard InChI is InChI=1S/C28H43N5O4/c1-17(2)15-37-26-23(14-30-33(26)8-7-27(5,6)32-19(4)35)25(36)31-24-21-9-20-10-22(24)13-28(11-20,12-21)16-29-18(3)34/h7-8,14,17,20-22,24H,9-13,15-16H2,1-6H3,(H,29,34)(H,31,36)(H,32,35)/b8-7+/t20?,21-,22+,24?,28?. The van der Waals surface area contributed by atoms with Crippen molar-refractivity contribution in [2.24, 2.45) is 29.1 Å². The second-order valence-electron chi connectivity index (χ2n) is 12.6. The lowest BCUT2D eigenvalue weighted by atomic mass is 9.48. The van der Waals surface area contributed by atoms with Crippen LogP contribution in [0, 0.1) is 29.1 Å². The Bertz CT molecular complexity index is 1040. The lowest BCUT2D eigenvalue weighted by Gasteiger charge is -2.60. The highest BCUT2D eigenvalue weighted by Gasteiger charge is 2.55. The van der Waals surface area contributed by atoms with Gasteiger partial charge in [0.05, 0.1) is 18.3 Å². The largest absolute Gasteiger partial charge is 0.477 e. The van der Waals surface area contributed by atoms with Crippen molar-refractivity contribution >= 4 is 23.9 Å². The molecule has 4 aliphatic carbocycles. The van der Waals surface area contributed by atoms with E-state index in [1.165, 1.54) is 13.3 Å². The van der Waals surface area contributed by atoms with Gasteiger partial charge in [-0.2, -0.15) is 5.10 Å². The number of ether oxygens (including phenoxy) is 1. The molecule has 0 spiro atoms. The van der Waals surface area contributed by atoms with E-state index in [1.807, 2.05) is 19.9 Å². The summed E-state index contributed by atoms with van der Waals surface area (Å²) < 4.78 is 7.65. The molecule has 0 saturated heterocycles. The number of carbonyl (C=O) groups excluding carboxylic acids is 3. The molecule has 37 heavy (non-hydrogen) atoms. The first-order chi connectivity index (χ1) is 17.4. The van der Waals surface area contributed by atoms with Gasteiger partial charge in [0.2, 0.25) is 17.7 Å². The Morgan fingerprint density at radius 1 is 1.16 bits per heavy atom. The fraction of sp³-hybridized carbons (Fsp3) is 0.714. The Balaban J connectivity index is 1.50. The first-order valence-corrected chi connectivity index (χ1v) is 13.6. The first-order valence-electron chi connectivity index (χ1n) is 13.6. The average Bonchev–Trinajstić information content (AvgIpc) is 3.19. The van der Waals surface area contributed by atoms with Crippen LogP contribution >= 0.6 is 0 Å². The van der Waals surface area contributed by atoms with Crippen LogP contribution in [0.25, 0.3) is 6.20 Å². The van der Waals surface area contributed by atoms with E-state index in [9.17, 15) is 14.4 Å². The molecule has 1 aromatic heterocycles. The van der Waals surface area contributed by atoms with Crippen molar-refractivity contribution in [3.8, 4) is 5.88 Å². The maximum Gasteiger partial charge on any atom is 0.258 e.